The molecule has 0 saturated carbocycles. The summed E-state index contributed by atoms with van der Waals surface area (Å²) in [5, 5.41) is 16.5. The molecule has 0 radical (unpaired) electrons. The maximum absolute atomic E-state index is 12.0. The van der Waals surface area contributed by atoms with Crippen LogP contribution in [0.4, 0.5) is 5.69 Å². The van der Waals surface area contributed by atoms with E-state index >= 15 is 0 Å². The van der Waals surface area contributed by atoms with Crippen LogP contribution in [0, 0.1) is 0 Å². The van der Waals surface area contributed by atoms with Gasteiger partial charge in [0, 0.05) is 22.3 Å². The standard InChI is InChI=1S/C18H12ClN5OS/c19-14-6-1-12(2-7-14)3-10-16(25)21-15-8-4-13(5-9-15)17-23-24-11-20-22-18(24)26-17/h1-11H,(H,21,25)/b10-3+. The molecular formula is C18H12ClN5OS. The van der Waals surface area contributed by atoms with Gasteiger partial charge in [0.05, 0.1) is 0 Å². The number of hydrogen-bond acceptors (Lipinski definition) is 5. The number of nitrogens with one attached hydrogen (secondary N) is 1. The molecule has 0 aliphatic rings. The predicted molar refractivity (Wildman–Crippen MR) is 103 cm³/mol. The second-order valence-corrected chi connectivity index (χ2v) is 6.81. The van der Waals surface area contributed by atoms with Crippen LogP contribution in [-0.2, 0) is 4.79 Å². The van der Waals surface area contributed by atoms with Gasteiger partial charge in [0.2, 0.25) is 10.9 Å². The van der Waals surface area contributed by atoms with E-state index in [4.69, 9.17) is 11.6 Å². The van der Waals surface area contributed by atoms with Gasteiger partial charge in [-0.2, -0.15) is 9.61 Å². The first kappa shape index (κ1) is 16.4. The number of hydrogen-bond donors (Lipinski definition) is 1. The minimum Gasteiger partial charge on any atom is -0.323 e. The molecule has 0 aliphatic heterocycles. The maximum Gasteiger partial charge on any atom is 0.248 e. The van der Waals surface area contributed by atoms with Gasteiger partial charge < -0.3 is 5.32 Å². The first-order chi connectivity index (χ1) is 12.7. The van der Waals surface area contributed by atoms with E-state index in [1.165, 1.54) is 17.4 Å². The summed E-state index contributed by atoms with van der Waals surface area (Å²) in [6, 6.07) is 14.8. The summed E-state index contributed by atoms with van der Waals surface area (Å²) in [6.07, 6.45) is 4.79. The smallest absolute Gasteiger partial charge is 0.248 e. The van der Waals surface area contributed by atoms with Gasteiger partial charge in [-0.25, -0.2) is 0 Å². The van der Waals surface area contributed by atoms with E-state index in [-0.39, 0.29) is 5.91 Å². The van der Waals surface area contributed by atoms with E-state index in [0.29, 0.717) is 10.7 Å². The summed E-state index contributed by atoms with van der Waals surface area (Å²) >= 11 is 7.29. The molecule has 128 valence electrons. The van der Waals surface area contributed by atoms with Crippen molar-refractivity contribution < 1.29 is 4.79 Å². The molecule has 4 rings (SSSR count). The van der Waals surface area contributed by atoms with E-state index in [1.54, 1.807) is 29.1 Å². The van der Waals surface area contributed by atoms with Gasteiger partial charge in [0.15, 0.2) is 0 Å². The topological polar surface area (TPSA) is 72.2 Å². The molecule has 26 heavy (non-hydrogen) atoms. The van der Waals surface area contributed by atoms with Crippen LogP contribution in [0.3, 0.4) is 0 Å². The van der Waals surface area contributed by atoms with Crippen molar-refractivity contribution in [3.05, 3.63) is 71.5 Å². The molecule has 0 unspecified atom stereocenters. The van der Waals surface area contributed by atoms with Crippen LogP contribution >= 0.6 is 22.9 Å². The van der Waals surface area contributed by atoms with Gasteiger partial charge in [0.1, 0.15) is 11.3 Å². The first-order valence-electron chi connectivity index (χ1n) is 7.69. The second-order valence-electron chi connectivity index (χ2n) is 5.42. The third-order valence-electron chi connectivity index (χ3n) is 3.58. The third kappa shape index (κ3) is 3.63. The molecule has 0 fully saturated rings. The molecular weight excluding hydrogens is 370 g/mol. The Morgan fingerprint density at radius 3 is 2.62 bits per heavy atom. The highest BCUT2D eigenvalue weighted by atomic mass is 35.5. The molecule has 0 aliphatic carbocycles. The van der Waals surface area contributed by atoms with Gasteiger partial charge >= 0.3 is 0 Å². The number of rotatable bonds is 4. The van der Waals surface area contributed by atoms with Crippen molar-refractivity contribution in [1.29, 1.82) is 0 Å². The van der Waals surface area contributed by atoms with Crippen LogP contribution in [0.2, 0.25) is 5.02 Å². The molecule has 6 nitrogen and oxygen atoms in total. The zero-order valence-electron chi connectivity index (χ0n) is 13.3. The highest BCUT2D eigenvalue weighted by molar-refractivity contribution is 7.19. The Balaban J connectivity index is 1.42. The maximum atomic E-state index is 12.0. The molecule has 0 saturated heterocycles. The third-order valence-corrected chi connectivity index (χ3v) is 4.80. The molecule has 8 heteroatoms. The lowest BCUT2D eigenvalue weighted by Crippen LogP contribution is -2.07. The largest absolute Gasteiger partial charge is 0.323 e. The molecule has 2 aromatic carbocycles. The fourth-order valence-electron chi connectivity index (χ4n) is 2.30. The molecule has 0 spiro atoms. The van der Waals surface area contributed by atoms with Crippen LogP contribution < -0.4 is 5.32 Å². The van der Waals surface area contributed by atoms with Crippen molar-refractivity contribution in [3.63, 3.8) is 0 Å². The Labute approximate surface area is 157 Å². The number of aromatic nitrogens is 4. The van der Waals surface area contributed by atoms with Gasteiger partial charge in [0.25, 0.3) is 0 Å². The van der Waals surface area contributed by atoms with Crippen molar-refractivity contribution in [2.24, 2.45) is 0 Å². The van der Waals surface area contributed by atoms with Crippen molar-refractivity contribution >= 4 is 45.6 Å². The van der Waals surface area contributed by atoms with Crippen LogP contribution in [-0.4, -0.2) is 25.7 Å². The quantitative estimate of drug-likeness (QED) is 0.539. The number of nitrogens with zero attached hydrogens (tertiary/aromatic N) is 4. The summed E-state index contributed by atoms with van der Waals surface area (Å²) in [5.41, 5.74) is 2.57. The lowest BCUT2D eigenvalue weighted by Gasteiger charge is -2.03. The lowest BCUT2D eigenvalue weighted by molar-refractivity contribution is -0.111. The summed E-state index contributed by atoms with van der Waals surface area (Å²) in [5.74, 6) is -0.202. The zero-order chi connectivity index (χ0) is 17.9. The van der Waals surface area contributed by atoms with E-state index in [2.05, 4.69) is 20.6 Å². The monoisotopic (exact) mass is 381 g/mol. The van der Waals surface area contributed by atoms with Crippen LogP contribution in [0.1, 0.15) is 5.56 Å². The van der Waals surface area contributed by atoms with Gasteiger partial charge in [-0.1, -0.05) is 35.1 Å². The van der Waals surface area contributed by atoms with Crippen LogP contribution in [0.25, 0.3) is 21.6 Å². The average molecular weight is 382 g/mol. The van der Waals surface area contributed by atoms with Gasteiger partial charge in [-0.15, -0.1) is 10.2 Å². The minimum atomic E-state index is -0.202. The molecule has 1 N–H and O–H groups in total. The summed E-state index contributed by atoms with van der Waals surface area (Å²) in [4.78, 5) is 12.8. The van der Waals surface area contributed by atoms with Crippen LogP contribution in [0.5, 0.6) is 0 Å². The fraction of sp³-hybridized carbons (Fsp3) is 0. The van der Waals surface area contributed by atoms with Gasteiger partial charge in [-0.05, 0) is 48.0 Å². The molecule has 0 atom stereocenters. The Morgan fingerprint density at radius 2 is 1.88 bits per heavy atom. The zero-order valence-corrected chi connectivity index (χ0v) is 14.9. The Morgan fingerprint density at radius 1 is 1.12 bits per heavy atom. The van der Waals surface area contributed by atoms with Crippen molar-refractivity contribution in [1.82, 2.24) is 19.8 Å². The first-order valence-corrected chi connectivity index (χ1v) is 8.89. The molecule has 2 heterocycles. The number of carbonyl (C=O) groups is 1. The summed E-state index contributed by atoms with van der Waals surface area (Å²) < 4.78 is 1.64. The molecule has 4 aromatic rings. The fourth-order valence-corrected chi connectivity index (χ4v) is 3.25. The number of fused-ring (bicyclic) bond motifs is 1. The number of amides is 1. The highest BCUT2D eigenvalue weighted by Gasteiger charge is 2.07. The Bertz CT molecular complexity index is 1050. The second kappa shape index (κ2) is 7.07. The minimum absolute atomic E-state index is 0.202. The summed E-state index contributed by atoms with van der Waals surface area (Å²) in [6.45, 7) is 0. The SMILES string of the molecule is O=C(/C=C/c1ccc(Cl)cc1)Nc1ccc(-c2nn3cnnc3s2)cc1. The van der Waals surface area contributed by atoms with Crippen molar-refractivity contribution in [2.45, 2.75) is 0 Å². The molecule has 0 bridgehead atoms. The number of anilines is 1. The Hall–Kier alpha value is -3.03. The molecule has 1 amide bonds. The van der Waals surface area contributed by atoms with E-state index in [1.807, 2.05) is 36.4 Å². The Kier molecular flexibility index (Phi) is 4.47. The van der Waals surface area contributed by atoms with Crippen molar-refractivity contribution in [2.75, 3.05) is 5.32 Å². The number of halogens is 1. The average Bonchev–Trinajstić information content (AvgIpc) is 3.24. The van der Waals surface area contributed by atoms with E-state index in [9.17, 15) is 4.79 Å². The van der Waals surface area contributed by atoms with Gasteiger partial charge in [-0.3, -0.25) is 4.79 Å². The predicted octanol–water partition coefficient (Wildman–Crippen LogP) is 4.16. The van der Waals surface area contributed by atoms with Crippen LogP contribution in [0.15, 0.2) is 60.9 Å². The van der Waals surface area contributed by atoms with E-state index in [0.717, 1.165) is 21.1 Å². The molecule has 2 aromatic heterocycles. The summed E-state index contributed by atoms with van der Waals surface area (Å²) in [7, 11) is 0. The number of carbonyl (C=O) groups excluding carboxylic acids is 1. The number of benzene rings is 2. The van der Waals surface area contributed by atoms with Crippen molar-refractivity contribution in [3.8, 4) is 10.6 Å². The highest BCUT2D eigenvalue weighted by Crippen LogP contribution is 2.25. The van der Waals surface area contributed by atoms with E-state index < -0.39 is 0 Å². The normalized spacial score (nSPS) is 11.3. The lowest BCUT2D eigenvalue weighted by atomic mass is 10.2.